The van der Waals surface area contributed by atoms with E-state index in [-0.39, 0.29) is 11.0 Å². The molecule has 0 radical (unpaired) electrons. The summed E-state index contributed by atoms with van der Waals surface area (Å²) in [4.78, 5) is 11.4. The van der Waals surface area contributed by atoms with E-state index in [1.807, 2.05) is 13.0 Å². The second-order valence-electron chi connectivity index (χ2n) is 6.07. The number of carboxylic acids is 1. The van der Waals surface area contributed by atoms with E-state index in [1.54, 1.807) is 12.1 Å². The van der Waals surface area contributed by atoms with Gasteiger partial charge in [0.25, 0.3) is 0 Å². The number of allylic oxidation sites excluding steroid dienone is 4. The number of rotatable bonds is 6. The Labute approximate surface area is 132 Å². The maximum absolute atomic E-state index is 11.4. The lowest BCUT2D eigenvalue weighted by atomic mass is 9.73. The van der Waals surface area contributed by atoms with Gasteiger partial charge < -0.3 is 9.84 Å². The van der Waals surface area contributed by atoms with E-state index in [2.05, 4.69) is 32.1 Å². The van der Waals surface area contributed by atoms with Crippen molar-refractivity contribution >= 4 is 5.97 Å². The van der Waals surface area contributed by atoms with Crippen molar-refractivity contribution in [3.63, 3.8) is 0 Å². The first kappa shape index (κ1) is 16.3. The fourth-order valence-corrected chi connectivity index (χ4v) is 2.88. The van der Waals surface area contributed by atoms with Gasteiger partial charge in [-0.1, -0.05) is 42.9 Å². The van der Waals surface area contributed by atoms with Crippen LogP contribution in [-0.2, 0) is 6.42 Å². The van der Waals surface area contributed by atoms with Gasteiger partial charge in [-0.25, -0.2) is 4.79 Å². The van der Waals surface area contributed by atoms with Crippen LogP contribution in [0.1, 0.15) is 49.5 Å². The Balaban J connectivity index is 2.23. The SMILES string of the molecule is CCOc1c(CCC2(C)CC=CC=C2C)cccc1C(=O)O. The quantitative estimate of drug-likeness (QED) is 0.833. The fourth-order valence-electron chi connectivity index (χ4n) is 2.88. The Morgan fingerprint density at radius 3 is 2.82 bits per heavy atom. The minimum atomic E-state index is -0.937. The molecule has 0 bridgehead atoms. The number of hydrogen-bond donors (Lipinski definition) is 1. The first-order valence-electron chi connectivity index (χ1n) is 7.80. The summed E-state index contributed by atoms with van der Waals surface area (Å²) in [5.41, 5.74) is 2.74. The molecule has 1 aliphatic carbocycles. The zero-order valence-corrected chi connectivity index (χ0v) is 13.6. The van der Waals surface area contributed by atoms with E-state index in [1.165, 1.54) is 5.57 Å². The molecule has 0 aliphatic heterocycles. The van der Waals surface area contributed by atoms with Crippen LogP contribution >= 0.6 is 0 Å². The van der Waals surface area contributed by atoms with Crippen molar-refractivity contribution in [1.29, 1.82) is 0 Å². The number of carboxylic acid groups (broad SMARTS) is 1. The smallest absolute Gasteiger partial charge is 0.339 e. The maximum atomic E-state index is 11.4. The molecule has 22 heavy (non-hydrogen) atoms. The van der Waals surface area contributed by atoms with E-state index in [0.717, 1.165) is 24.8 Å². The van der Waals surface area contributed by atoms with Gasteiger partial charge in [-0.3, -0.25) is 0 Å². The van der Waals surface area contributed by atoms with Gasteiger partial charge in [-0.2, -0.15) is 0 Å². The highest BCUT2D eigenvalue weighted by Crippen LogP contribution is 2.39. The monoisotopic (exact) mass is 300 g/mol. The lowest BCUT2D eigenvalue weighted by Crippen LogP contribution is -2.20. The van der Waals surface area contributed by atoms with Crippen LogP contribution in [0.5, 0.6) is 5.75 Å². The van der Waals surface area contributed by atoms with Crippen molar-refractivity contribution in [2.24, 2.45) is 5.41 Å². The summed E-state index contributed by atoms with van der Waals surface area (Å²) in [6.07, 6.45) is 9.28. The summed E-state index contributed by atoms with van der Waals surface area (Å²) < 4.78 is 5.62. The molecule has 0 fully saturated rings. The first-order valence-corrected chi connectivity index (χ1v) is 7.80. The molecule has 3 heteroatoms. The summed E-state index contributed by atoms with van der Waals surface area (Å²) in [6, 6.07) is 5.37. The molecule has 1 aliphatic rings. The summed E-state index contributed by atoms with van der Waals surface area (Å²) >= 11 is 0. The summed E-state index contributed by atoms with van der Waals surface area (Å²) in [5, 5.41) is 9.33. The van der Waals surface area contributed by atoms with Crippen LogP contribution in [0.15, 0.2) is 42.0 Å². The van der Waals surface area contributed by atoms with Gasteiger partial charge in [0.15, 0.2) is 0 Å². The molecule has 1 aromatic rings. The summed E-state index contributed by atoms with van der Waals surface area (Å²) in [7, 11) is 0. The molecule has 1 N–H and O–H groups in total. The van der Waals surface area contributed by atoms with Crippen molar-refractivity contribution < 1.29 is 14.6 Å². The first-order chi connectivity index (χ1) is 10.5. The van der Waals surface area contributed by atoms with Gasteiger partial charge in [-0.15, -0.1) is 0 Å². The van der Waals surface area contributed by atoms with Gasteiger partial charge in [0.05, 0.1) is 6.61 Å². The standard InChI is InChI=1S/C19H24O3/c1-4-22-17-15(9-7-10-16(17)18(20)21)11-13-19(3)12-6-5-8-14(19)2/h5-10H,4,11-13H2,1-3H3,(H,20,21). The zero-order valence-electron chi connectivity index (χ0n) is 13.6. The largest absolute Gasteiger partial charge is 0.493 e. The van der Waals surface area contributed by atoms with E-state index in [0.29, 0.717) is 12.4 Å². The Morgan fingerprint density at radius 2 is 2.18 bits per heavy atom. The lowest BCUT2D eigenvalue weighted by molar-refractivity contribution is 0.0692. The van der Waals surface area contributed by atoms with Crippen LogP contribution in [0, 0.1) is 5.41 Å². The van der Waals surface area contributed by atoms with Gasteiger partial charge in [-0.05, 0) is 50.2 Å². The molecule has 1 atom stereocenters. The number of hydrogen-bond acceptors (Lipinski definition) is 2. The molecule has 1 aromatic carbocycles. The average Bonchev–Trinajstić information content (AvgIpc) is 2.49. The highest BCUT2D eigenvalue weighted by molar-refractivity contribution is 5.91. The predicted molar refractivity (Wildman–Crippen MR) is 88.5 cm³/mol. The van der Waals surface area contributed by atoms with E-state index >= 15 is 0 Å². The molecule has 118 valence electrons. The lowest BCUT2D eigenvalue weighted by Gasteiger charge is -2.32. The topological polar surface area (TPSA) is 46.5 Å². The Hall–Kier alpha value is -2.03. The van der Waals surface area contributed by atoms with Gasteiger partial charge >= 0.3 is 5.97 Å². The van der Waals surface area contributed by atoms with Crippen LogP contribution in [0.4, 0.5) is 0 Å². The number of para-hydroxylation sites is 1. The Kier molecular flexibility index (Phi) is 5.07. The third-order valence-corrected chi connectivity index (χ3v) is 4.56. The molecule has 1 unspecified atom stereocenters. The molecular formula is C19H24O3. The zero-order chi connectivity index (χ0) is 16.2. The summed E-state index contributed by atoms with van der Waals surface area (Å²) in [6.45, 7) is 6.78. The Morgan fingerprint density at radius 1 is 1.41 bits per heavy atom. The molecule has 0 heterocycles. The van der Waals surface area contributed by atoms with Crippen LogP contribution in [0.25, 0.3) is 0 Å². The van der Waals surface area contributed by atoms with Gasteiger partial charge in [0.1, 0.15) is 11.3 Å². The number of carbonyl (C=O) groups is 1. The van der Waals surface area contributed by atoms with Gasteiger partial charge in [0.2, 0.25) is 0 Å². The number of aromatic carboxylic acids is 1. The molecule has 3 nitrogen and oxygen atoms in total. The van der Waals surface area contributed by atoms with Crippen molar-refractivity contribution in [2.45, 2.75) is 40.0 Å². The predicted octanol–water partition coefficient (Wildman–Crippen LogP) is 4.63. The second-order valence-corrected chi connectivity index (χ2v) is 6.07. The Bertz CT molecular complexity index is 613. The molecule has 0 spiro atoms. The minimum absolute atomic E-state index is 0.136. The molecular weight excluding hydrogens is 276 g/mol. The third-order valence-electron chi connectivity index (χ3n) is 4.56. The fraction of sp³-hybridized carbons (Fsp3) is 0.421. The normalized spacial score (nSPS) is 20.6. The van der Waals surface area contributed by atoms with Crippen LogP contribution in [0.3, 0.4) is 0 Å². The van der Waals surface area contributed by atoms with Crippen LogP contribution < -0.4 is 4.74 Å². The number of aryl methyl sites for hydroxylation is 1. The molecule has 0 saturated heterocycles. The third kappa shape index (κ3) is 3.41. The highest BCUT2D eigenvalue weighted by atomic mass is 16.5. The minimum Gasteiger partial charge on any atom is -0.493 e. The van der Waals surface area contributed by atoms with E-state index in [4.69, 9.17) is 4.74 Å². The number of benzene rings is 1. The highest BCUT2D eigenvalue weighted by Gasteiger charge is 2.27. The van der Waals surface area contributed by atoms with Crippen molar-refractivity contribution in [3.05, 3.63) is 53.1 Å². The summed E-state index contributed by atoms with van der Waals surface area (Å²) in [5.74, 6) is -0.415. The van der Waals surface area contributed by atoms with E-state index in [9.17, 15) is 9.90 Å². The van der Waals surface area contributed by atoms with Crippen molar-refractivity contribution in [2.75, 3.05) is 6.61 Å². The van der Waals surface area contributed by atoms with Crippen LogP contribution in [0.2, 0.25) is 0 Å². The van der Waals surface area contributed by atoms with E-state index < -0.39 is 5.97 Å². The molecule has 0 aromatic heterocycles. The maximum Gasteiger partial charge on any atom is 0.339 e. The van der Waals surface area contributed by atoms with Crippen LogP contribution in [-0.4, -0.2) is 17.7 Å². The molecule has 0 amide bonds. The average molecular weight is 300 g/mol. The van der Waals surface area contributed by atoms with Crippen molar-refractivity contribution in [3.8, 4) is 5.75 Å². The van der Waals surface area contributed by atoms with Gasteiger partial charge in [0, 0.05) is 0 Å². The van der Waals surface area contributed by atoms with Crippen molar-refractivity contribution in [1.82, 2.24) is 0 Å². The number of ether oxygens (including phenoxy) is 1. The second kappa shape index (κ2) is 6.82. The molecule has 2 rings (SSSR count). The molecule has 0 saturated carbocycles.